The van der Waals surface area contributed by atoms with Crippen LogP contribution < -0.4 is 5.32 Å². The molecule has 8 nitrogen and oxygen atoms in total. The molecule has 1 amide bonds. The molecule has 4 rings (SSSR count). The number of alkyl carbamates (subject to hydrolysis) is 1. The topological polar surface area (TPSA) is 98.4 Å². The third kappa shape index (κ3) is 5.64. The Morgan fingerprint density at radius 2 is 1.94 bits per heavy atom. The van der Waals surface area contributed by atoms with Crippen LogP contribution in [0.15, 0.2) is 67.3 Å². The number of hydrogen-bond donors (Lipinski definition) is 2. The molecule has 34 heavy (non-hydrogen) atoms. The zero-order chi connectivity index (χ0) is 23.9. The molecule has 0 saturated carbocycles. The number of amides is 1. The van der Waals surface area contributed by atoms with E-state index in [1.807, 2.05) is 60.2 Å². The molecule has 0 aliphatic heterocycles. The number of imidazole rings is 1. The van der Waals surface area contributed by atoms with Crippen LogP contribution in [0.2, 0.25) is 0 Å². The third-order valence-corrected chi connectivity index (χ3v) is 5.86. The number of fused-ring (bicyclic) bond motifs is 1. The Kier molecular flexibility index (Phi) is 7.27. The van der Waals surface area contributed by atoms with Gasteiger partial charge in [0.2, 0.25) is 0 Å². The van der Waals surface area contributed by atoms with E-state index in [9.17, 15) is 14.7 Å². The van der Waals surface area contributed by atoms with Crippen LogP contribution in [0.3, 0.4) is 0 Å². The molecule has 0 bridgehead atoms. The van der Waals surface area contributed by atoms with Crippen LogP contribution in [0.5, 0.6) is 0 Å². The maximum absolute atomic E-state index is 12.0. The van der Waals surface area contributed by atoms with Gasteiger partial charge in [0.15, 0.2) is 0 Å². The molecular weight excluding hydrogens is 432 g/mol. The molecule has 0 spiro atoms. The lowest BCUT2D eigenvalue weighted by Gasteiger charge is -2.08. The van der Waals surface area contributed by atoms with E-state index in [1.54, 1.807) is 12.5 Å². The highest BCUT2D eigenvalue weighted by Crippen LogP contribution is 2.28. The summed E-state index contributed by atoms with van der Waals surface area (Å²) in [5.74, 6) is -0.820. The summed E-state index contributed by atoms with van der Waals surface area (Å²) in [7, 11) is 0. The second kappa shape index (κ2) is 10.7. The maximum Gasteiger partial charge on any atom is 0.407 e. The van der Waals surface area contributed by atoms with E-state index in [2.05, 4.69) is 20.9 Å². The van der Waals surface area contributed by atoms with Crippen molar-refractivity contribution in [1.82, 2.24) is 19.4 Å². The number of aromatic nitrogens is 3. The molecule has 2 aromatic heterocycles. The number of carbonyl (C=O) groups is 2. The van der Waals surface area contributed by atoms with E-state index in [0.717, 1.165) is 33.3 Å². The number of hydrogen-bond acceptors (Lipinski definition) is 4. The Bertz CT molecular complexity index is 1260. The number of aryl methyl sites for hydroxylation is 1. The van der Waals surface area contributed by atoms with Crippen LogP contribution in [-0.2, 0) is 35.6 Å². The standard InChI is InChI=1S/C26H28N4O4/c1-19-23(16-29-14-12-27-18-29)22-15-20(7-8-24(22)30(19)13-10-25(31)32)9-11-28-26(33)34-17-21-5-3-2-4-6-21/h2-8,12,14-15,18H,9-11,13,16-17H2,1H3,(H,28,33)(H,31,32). The first kappa shape index (κ1) is 23.1. The van der Waals surface area contributed by atoms with Gasteiger partial charge in [-0.3, -0.25) is 4.79 Å². The fourth-order valence-corrected chi connectivity index (χ4v) is 4.10. The van der Waals surface area contributed by atoms with Crippen molar-refractivity contribution in [3.63, 3.8) is 0 Å². The summed E-state index contributed by atoms with van der Waals surface area (Å²) in [4.78, 5) is 27.3. The molecule has 0 aliphatic carbocycles. The van der Waals surface area contributed by atoms with Gasteiger partial charge in [0.05, 0.1) is 19.3 Å². The number of nitrogens with zero attached hydrogens (tertiary/aromatic N) is 3. The number of rotatable bonds is 10. The monoisotopic (exact) mass is 460 g/mol. The molecule has 0 aliphatic rings. The number of ether oxygens (including phenoxy) is 1. The molecule has 0 atom stereocenters. The lowest BCUT2D eigenvalue weighted by Crippen LogP contribution is -2.26. The minimum absolute atomic E-state index is 0.0614. The van der Waals surface area contributed by atoms with Crippen LogP contribution in [0.4, 0.5) is 4.79 Å². The summed E-state index contributed by atoms with van der Waals surface area (Å²) < 4.78 is 9.34. The van der Waals surface area contributed by atoms with Crippen LogP contribution in [0, 0.1) is 6.92 Å². The van der Waals surface area contributed by atoms with Gasteiger partial charge in [-0.1, -0.05) is 36.4 Å². The summed E-state index contributed by atoms with van der Waals surface area (Å²) in [5.41, 5.74) is 5.21. The highest BCUT2D eigenvalue weighted by Gasteiger charge is 2.16. The minimum atomic E-state index is -0.820. The van der Waals surface area contributed by atoms with Gasteiger partial charge in [0.25, 0.3) is 0 Å². The molecule has 0 saturated heterocycles. The predicted octanol–water partition coefficient (Wildman–Crippen LogP) is 4.14. The largest absolute Gasteiger partial charge is 0.481 e. The number of carbonyl (C=O) groups excluding carboxylic acids is 1. The van der Waals surface area contributed by atoms with Crippen molar-refractivity contribution < 1.29 is 19.4 Å². The Morgan fingerprint density at radius 3 is 2.68 bits per heavy atom. The van der Waals surface area contributed by atoms with Crippen molar-refractivity contribution in [3.8, 4) is 0 Å². The minimum Gasteiger partial charge on any atom is -0.481 e. The zero-order valence-corrected chi connectivity index (χ0v) is 19.1. The molecule has 8 heteroatoms. The summed E-state index contributed by atoms with van der Waals surface area (Å²) in [5, 5.41) is 13.1. The average molecular weight is 461 g/mol. The first-order valence-corrected chi connectivity index (χ1v) is 11.2. The summed E-state index contributed by atoms with van der Waals surface area (Å²) in [6, 6.07) is 15.7. The van der Waals surface area contributed by atoms with Crippen molar-refractivity contribution in [2.75, 3.05) is 6.54 Å². The van der Waals surface area contributed by atoms with E-state index in [-0.39, 0.29) is 13.0 Å². The SMILES string of the molecule is Cc1c(Cn2ccnc2)c2cc(CCNC(=O)OCc3ccccc3)ccc2n1CCC(=O)O. The normalized spacial score (nSPS) is 11.0. The molecule has 0 radical (unpaired) electrons. The van der Waals surface area contributed by atoms with E-state index >= 15 is 0 Å². The first-order chi connectivity index (χ1) is 16.5. The third-order valence-electron chi connectivity index (χ3n) is 5.86. The molecule has 2 aromatic carbocycles. The van der Waals surface area contributed by atoms with Gasteiger partial charge in [-0.15, -0.1) is 0 Å². The number of benzene rings is 2. The predicted molar refractivity (Wildman–Crippen MR) is 129 cm³/mol. The van der Waals surface area contributed by atoms with E-state index < -0.39 is 12.1 Å². The number of carboxylic acids is 1. The van der Waals surface area contributed by atoms with Crippen LogP contribution in [0.25, 0.3) is 10.9 Å². The van der Waals surface area contributed by atoms with Crippen LogP contribution in [-0.4, -0.2) is 37.8 Å². The molecular formula is C26H28N4O4. The Morgan fingerprint density at radius 1 is 1.12 bits per heavy atom. The lowest BCUT2D eigenvalue weighted by atomic mass is 10.1. The molecule has 0 fully saturated rings. The second-order valence-electron chi connectivity index (χ2n) is 8.18. The van der Waals surface area contributed by atoms with Crippen molar-refractivity contribution in [2.45, 2.75) is 39.5 Å². The fraction of sp³-hybridized carbons (Fsp3) is 0.269. The van der Waals surface area contributed by atoms with Gasteiger partial charge in [0, 0.05) is 47.6 Å². The van der Waals surface area contributed by atoms with Gasteiger partial charge in [-0.2, -0.15) is 0 Å². The highest BCUT2D eigenvalue weighted by molar-refractivity contribution is 5.86. The summed E-state index contributed by atoms with van der Waals surface area (Å²) in [6.07, 6.45) is 5.70. The van der Waals surface area contributed by atoms with Gasteiger partial charge in [-0.25, -0.2) is 9.78 Å². The lowest BCUT2D eigenvalue weighted by molar-refractivity contribution is -0.137. The number of carboxylic acid groups (broad SMARTS) is 1. The molecule has 2 N–H and O–H groups in total. The van der Waals surface area contributed by atoms with Crippen molar-refractivity contribution in [3.05, 3.63) is 89.6 Å². The van der Waals surface area contributed by atoms with Gasteiger partial charge in [0.1, 0.15) is 6.61 Å². The van der Waals surface area contributed by atoms with Crippen molar-refractivity contribution in [2.24, 2.45) is 0 Å². The average Bonchev–Trinajstić information content (AvgIpc) is 3.44. The Labute approximate surface area is 197 Å². The van der Waals surface area contributed by atoms with E-state index in [4.69, 9.17) is 4.74 Å². The quantitative estimate of drug-likeness (QED) is 0.371. The molecule has 2 heterocycles. The number of nitrogens with one attached hydrogen (secondary N) is 1. The van der Waals surface area contributed by atoms with Gasteiger partial charge < -0.3 is 24.3 Å². The van der Waals surface area contributed by atoms with Crippen LogP contribution in [0.1, 0.15) is 28.8 Å². The zero-order valence-electron chi connectivity index (χ0n) is 19.1. The molecule has 176 valence electrons. The molecule has 4 aromatic rings. The molecule has 0 unspecified atom stereocenters. The summed E-state index contributed by atoms with van der Waals surface area (Å²) in [6.45, 7) is 3.78. The Balaban J connectivity index is 1.45. The van der Waals surface area contributed by atoms with Gasteiger partial charge in [-0.05, 0) is 36.6 Å². The Hall–Kier alpha value is -4.07. The smallest absolute Gasteiger partial charge is 0.407 e. The highest BCUT2D eigenvalue weighted by atomic mass is 16.5. The maximum atomic E-state index is 12.0. The second-order valence-corrected chi connectivity index (χ2v) is 8.18. The number of aliphatic carboxylic acids is 1. The van der Waals surface area contributed by atoms with Crippen molar-refractivity contribution in [1.29, 1.82) is 0 Å². The van der Waals surface area contributed by atoms with E-state index in [1.165, 1.54) is 0 Å². The summed E-state index contributed by atoms with van der Waals surface area (Å²) >= 11 is 0. The fourth-order valence-electron chi connectivity index (χ4n) is 4.10. The van der Waals surface area contributed by atoms with Crippen molar-refractivity contribution >= 4 is 23.0 Å². The van der Waals surface area contributed by atoms with E-state index in [0.29, 0.717) is 26.1 Å². The van der Waals surface area contributed by atoms with Gasteiger partial charge >= 0.3 is 12.1 Å². The first-order valence-electron chi connectivity index (χ1n) is 11.2. The van der Waals surface area contributed by atoms with Crippen LogP contribution >= 0.6 is 0 Å².